The number of hydrogen-bond donors (Lipinski definition) is 2. The van der Waals surface area contributed by atoms with E-state index in [1.807, 2.05) is 58.0 Å². The van der Waals surface area contributed by atoms with Crippen LogP contribution < -0.4 is 0 Å². The molecule has 3 heteroatoms. The molecule has 0 aliphatic heterocycles. The van der Waals surface area contributed by atoms with E-state index in [0.29, 0.717) is 11.5 Å². The number of benzene rings is 2. The molecule has 2 aromatic rings. The van der Waals surface area contributed by atoms with Crippen molar-refractivity contribution in [2.75, 3.05) is 0 Å². The average Bonchev–Trinajstić information content (AvgIpc) is 2.32. The van der Waals surface area contributed by atoms with Crippen molar-refractivity contribution < 1.29 is 10.2 Å². The van der Waals surface area contributed by atoms with E-state index < -0.39 is 0 Å². The monoisotopic (exact) mass is 280 g/mol. The third kappa shape index (κ3) is 5.23. The predicted octanol–water partition coefficient (Wildman–Crippen LogP) is 4.44. The van der Waals surface area contributed by atoms with Gasteiger partial charge in [-0.3, -0.25) is 0 Å². The molecule has 0 aliphatic rings. The van der Waals surface area contributed by atoms with Gasteiger partial charge in [-0.25, -0.2) is 0 Å². The van der Waals surface area contributed by atoms with E-state index in [4.69, 9.17) is 5.11 Å². The SMILES string of the molecule is Cc1ccc(C)c(O)c1.Cc1cccc(C)c1O.Cl. The van der Waals surface area contributed by atoms with Crippen molar-refractivity contribution in [3.63, 3.8) is 0 Å². The highest BCUT2D eigenvalue weighted by Crippen LogP contribution is 2.19. The fourth-order valence-electron chi connectivity index (χ4n) is 1.53. The van der Waals surface area contributed by atoms with Crippen LogP contribution in [0.4, 0.5) is 0 Å². The third-order valence-electron chi connectivity index (χ3n) is 2.80. The molecule has 0 saturated carbocycles. The lowest BCUT2D eigenvalue weighted by molar-refractivity contribution is 0.467. The Balaban J connectivity index is 0.000000324. The first-order valence-corrected chi connectivity index (χ1v) is 5.93. The zero-order valence-electron chi connectivity index (χ0n) is 11.8. The number of rotatable bonds is 0. The molecular weight excluding hydrogens is 260 g/mol. The molecule has 2 N–H and O–H groups in total. The first-order valence-electron chi connectivity index (χ1n) is 5.93. The zero-order chi connectivity index (χ0) is 13.7. The molecule has 0 fully saturated rings. The normalized spacial score (nSPS) is 9.05. The maximum absolute atomic E-state index is 9.21. The fraction of sp³-hybridized carbons (Fsp3) is 0.250. The Morgan fingerprint density at radius 3 is 1.63 bits per heavy atom. The van der Waals surface area contributed by atoms with Gasteiger partial charge >= 0.3 is 0 Å². The summed E-state index contributed by atoms with van der Waals surface area (Å²) >= 11 is 0. The van der Waals surface area contributed by atoms with E-state index in [2.05, 4.69) is 0 Å². The molecular formula is C16H21ClO2. The van der Waals surface area contributed by atoms with Crippen LogP contribution >= 0.6 is 12.4 Å². The molecule has 0 aliphatic carbocycles. The second kappa shape index (κ2) is 7.70. The number of aryl methyl sites for hydroxylation is 4. The van der Waals surface area contributed by atoms with Gasteiger partial charge in [0.2, 0.25) is 0 Å². The largest absolute Gasteiger partial charge is 0.508 e. The molecule has 2 aromatic carbocycles. The minimum atomic E-state index is 0. The van der Waals surface area contributed by atoms with Gasteiger partial charge in [0.05, 0.1) is 0 Å². The van der Waals surface area contributed by atoms with Crippen molar-refractivity contribution in [2.45, 2.75) is 27.7 Å². The van der Waals surface area contributed by atoms with Gasteiger partial charge in [0, 0.05) is 0 Å². The minimum absolute atomic E-state index is 0. The Morgan fingerprint density at radius 2 is 1.26 bits per heavy atom. The van der Waals surface area contributed by atoms with Crippen molar-refractivity contribution in [3.8, 4) is 11.5 Å². The molecule has 0 saturated heterocycles. The summed E-state index contributed by atoms with van der Waals surface area (Å²) in [5.74, 6) is 0.799. The molecule has 0 atom stereocenters. The quantitative estimate of drug-likeness (QED) is 0.749. The second-order valence-corrected chi connectivity index (χ2v) is 4.53. The first kappa shape index (κ1) is 17.3. The number of phenolic OH excluding ortho intramolecular Hbond substituents is 2. The van der Waals surface area contributed by atoms with Crippen molar-refractivity contribution in [1.29, 1.82) is 0 Å². The fourth-order valence-corrected chi connectivity index (χ4v) is 1.53. The Kier molecular flexibility index (Phi) is 7.02. The third-order valence-corrected chi connectivity index (χ3v) is 2.80. The van der Waals surface area contributed by atoms with Crippen molar-refractivity contribution in [2.24, 2.45) is 0 Å². The Hall–Kier alpha value is -1.67. The van der Waals surface area contributed by atoms with E-state index in [9.17, 15) is 5.11 Å². The number of para-hydroxylation sites is 1. The summed E-state index contributed by atoms with van der Waals surface area (Å²) in [5.41, 5.74) is 3.91. The average molecular weight is 281 g/mol. The van der Waals surface area contributed by atoms with Gasteiger partial charge < -0.3 is 10.2 Å². The van der Waals surface area contributed by atoms with Crippen molar-refractivity contribution in [1.82, 2.24) is 0 Å². The standard InChI is InChI=1S/2C8H10O.ClH/c1-6-3-4-7(2)8(9)5-6;1-6-4-3-5-7(2)8(6)9;/h2*3-5,9H,1-2H3;1H. The zero-order valence-corrected chi connectivity index (χ0v) is 12.6. The van der Waals surface area contributed by atoms with Crippen molar-refractivity contribution >= 4 is 12.4 Å². The lowest BCUT2D eigenvalue weighted by atomic mass is 10.1. The minimum Gasteiger partial charge on any atom is -0.508 e. The molecule has 19 heavy (non-hydrogen) atoms. The number of aromatic hydroxyl groups is 2. The van der Waals surface area contributed by atoms with E-state index in [-0.39, 0.29) is 12.4 Å². The van der Waals surface area contributed by atoms with Crippen LogP contribution in [0.5, 0.6) is 11.5 Å². The topological polar surface area (TPSA) is 40.5 Å². The molecule has 2 rings (SSSR count). The van der Waals surface area contributed by atoms with Gasteiger partial charge in [-0.2, -0.15) is 0 Å². The van der Waals surface area contributed by atoms with E-state index in [1.165, 1.54) is 0 Å². The van der Waals surface area contributed by atoms with Crippen LogP contribution in [0.25, 0.3) is 0 Å². The molecule has 0 amide bonds. The number of halogens is 1. The molecule has 0 radical (unpaired) electrons. The van der Waals surface area contributed by atoms with Gasteiger partial charge in [0.25, 0.3) is 0 Å². The lowest BCUT2D eigenvalue weighted by Crippen LogP contribution is -1.76. The van der Waals surface area contributed by atoms with Crippen LogP contribution in [-0.2, 0) is 0 Å². The predicted molar refractivity (Wildman–Crippen MR) is 82.4 cm³/mol. The molecule has 2 nitrogen and oxygen atoms in total. The van der Waals surface area contributed by atoms with Crippen LogP contribution in [0.15, 0.2) is 36.4 Å². The highest BCUT2D eigenvalue weighted by molar-refractivity contribution is 5.85. The number of hydrogen-bond acceptors (Lipinski definition) is 2. The summed E-state index contributed by atoms with van der Waals surface area (Å²) in [6, 6.07) is 11.4. The highest BCUT2D eigenvalue weighted by atomic mass is 35.5. The van der Waals surface area contributed by atoms with Gasteiger partial charge in [-0.15, -0.1) is 12.4 Å². The Labute approximate surface area is 121 Å². The van der Waals surface area contributed by atoms with Crippen LogP contribution in [0.1, 0.15) is 22.3 Å². The molecule has 0 bridgehead atoms. The summed E-state index contributed by atoms with van der Waals surface area (Å²) in [7, 11) is 0. The van der Waals surface area contributed by atoms with E-state index >= 15 is 0 Å². The molecule has 0 spiro atoms. The Morgan fingerprint density at radius 1 is 0.737 bits per heavy atom. The summed E-state index contributed by atoms with van der Waals surface area (Å²) in [4.78, 5) is 0. The van der Waals surface area contributed by atoms with E-state index in [0.717, 1.165) is 22.3 Å². The lowest BCUT2D eigenvalue weighted by Gasteiger charge is -1.99. The van der Waals surface area contributed by atoms with Crippen LogP contribution in [-0.4, -0.2) is 10.2 Å². The maximum Gasteiger partial charge on any atom is 0.121 e. The second-order valence-electron chi connectivity index (χ2n) is 4.53. The molecule has 0 heterocycles. The Bertz CT molecular complexity index is 516. The maximum atomic E-state index is 9.21. The molecule has 104 valence electrons. The molecule has 0 aromatic heterocycles. The van der Waals surface area contributed by atoms with Crippen molar-refractivity contribution in [3.05, 3.63) is 58.7 Å². The van der Waals surface area contributed by atoms with Gasteiger partial charge in [0.15, 0.2) is 0 Å². The summed E-state index contributed by atoms with van der Waals surface area (Å²) in [6.07, 6.45) is 0. The first-order chi connectivity index (χ1) is 8.41. The summed E-state index contributed by atoms with van der Waals surface area (Å²) in [6.45, 7) is 7.62. The van der Waals surface area contributed by atoms with Crippen LogP contribution in [0.2, 0.25) is 0 Å². The van der Waals surface area contributed by atoms with Crippen LogP contribution in [0, 0.1) is 27.7 Å². The molecule has 0 unspecified atom stereocenters. The van der Waals surface area contributed by atoms with Gasteiger partial charge in [-0.05, 0) is 56.0 Å². The van der Waals surface area contributed by atoms with E-state index in [1.54, 1.807) is 6.07 Å². The van der Waals surface area contributed by atoms with Gasteiger partial charge in [0.1, 0.15) is 11.5 Å². The highest BCUT2D eigenvalue weighted by Gasteiger charge is 1.95. The van der Waals surface area contributed by atoms with Gasteiger partial charge in [-0.1, -0.05) is 30.3 Å². The summed E-state index contributed by atoms with van der Waals surface area (Å²) < 4.78 is 0. The van der Waals surface area contributed by atoms with Crippen LogP contribution in [0.3, 0.4) is 0 Å². The summed E-state index contributed by atoms with van der Waals surface area (Å²) in [5, 5.41) is 18.3. The smallest absolute Gasteiger partial charge is 0.121 e. The number of phenols is 2.